The maximum atomic E-state index is 13.5. The van der Waals surface area contributed by atoms with E-state index < -0.39 is 0 Å². The summed E-state index contributed by atoms with van der Waals surface area (Å²) in [5, 5.41) is 2.95. The van der Waals surface area contributed by atoms with Gasteiger partial charge in [0, 0.05) is 23.6 Å². The SMILES string of the molecule is Cc1ccc(CN2C(=O)/C(=C\c3ccc(C(=O)NC[C@H]4CCCO4)cc3)Sc3ccccc32)cc1. The van der Waals surface area contributed by atoms with Crippen LogP contribution in [0.1, 0.15) is 39.9 Å². The van der Waals surface area contributed by atoms with E-state index >= 15 is 0 Å². The molecule has 178 valence electrons. The van der Waals surface area contributed by atoms with Crippen molar-refractivity contribution < 1.29 is 14.3 Å². The first-order chi connectivity index (χ1) is 17.1. The Balaban J connectivity index is 1.33. The van der Waals surface area contributed by atoms with Gasteiger partial charge in [0.05, 0.1) is 23.2 Å². The monoisotopic (exact) mass is 484 g/mol. The van der Waals surface area contributed by atoms with Crippen LogP contribution in [-0.4, -0.2) is 31.1 Å². The average molecular weight is 485 g/mol. The summed E-state index contributed by atoms with van der Waals surface area (Å²) in [4.78, 5) is 29.5. The number of rotatable bonds is 6. The number of carbonyl (C=O) groups excluding carboxylic acids is 2. The van der Waals surface area contributed by atoms with Crippen LogP contribution < -0.4 is 10.2 Å². The predicted molar refractivity (Wildman–Crippen MR) is 140 cm³/mol. The van der Waals surface area contributed by atoms with Gasteiger partial charge in [0.2, 0.25) is 0 Å². The number of hydrogen-bond donors (Lipinski definition) is 1. The maximum Gasteiger partial charge on any atom is 0.265 e. The molecule has 2 aliphatic heterocycles. The number of anilines is 1. The first-order valence-electron chi connectivity index (χ1n) is 11.9. The molecule has 35 heavy (non-hydrogen) atoms. The minimum absolute atomic E-state index is 0.0207. The van der Waals surface area contributed by atoms with E-state index in [1.807, 2.05) is 47.4 Å². The molecular formula is C29H28N2O3S. The summed E-state index contributed by atoms with van der Waals surface area (Å²) < 4.78 is 5.57. The van der Waals surface area contributed by atoms with Crippen molar-refractivity contribution in [2.45, 2.75) is 37.3 Å². The highest BCUT2D eigenvalue weighted by molar-refractivity contribution is 8.04. The number of carbonyl (C=O) groups is 2. The van der Waals surface area contributed by atoms with Crippen molar-refractivity contribution in [2.24, 2.45) is 0 Å². The fourth-order valence-electron chi connectivity index (χ4n) is 4.29. The molecule has 0 radical (unpaired) electrons. The van der Waals surface area contributed by atoms with Crippen molar-refractivity contribution in [1.29, 1.82) is 0 Å². The molecule has 0 aliphatic carbocycles. The quantitative estimate of drug-likeness (QED) is 0.464. The smallest absolute Gasteiger partial charge is 0.265 e. The van der Waals surface area contributed by atoms with Gasteiger partial charge < -0.3 is 15.0 Å². The molecule has 0 bridgehead atoms. The number of thioether (sulfide) groups is 1. The van der Waals surface area contributed by atoms with Gasteiger partial charge >= 0.3 is 0 Å². The zero-order chi connectivity index (χ0) is 24.2. The number of amides is 2. The van der Waals surface area contributed by atoms with Crippen LogP contribution in [0.2, 0.25) is 0 Å². The van der Waals surface area contributed by atoms with Crippen LogP contribution >= 0.6 is 11.8 Å². The summed E-state index contributed by atoms with van der Waals surface area (Å²) in [6.07, 6.45) is 4.05. The molecule has 1 saturated heterocycles. The third-order valence-corrected chi connectivity index (χ3v) is 7.36. The zero-order valence-corrected chi connectivity index (χ0v) is 20.5. The van der Waals surface area contributed by atoms with E-state index in [1.165, 1.54) is 17.3 Å². The summed E-state index contributed by atoms with van der Waals surface area (Å²) in [6.45, 7) is 3.87. The third kappa shape index (κ3) is 5.50. The van der Waals surface area contributed by atoms with Gasteiger partial charge in [-0.05, 0) is 61.2 Å². The van der Waals surface area contributed by atoms with Gasteiger partial charge in [-0.1, -0.05) is 65.9 Å². The summed E-state index contributed by atoms with van der Waals surface area (Å²) in [7, 11) is 0. The van der Waals surface area contributed by atoms with Crippen LogP contribution in [-0.2, 0) is 16.1 Å². The predicted octanol–water partition coefficient (Wildman–Crippen LogP) is 5.58. The highest BCUT2D eigenvalue weighted by Gasteiger charge is 2.29. The van der Waals surface area contributed by atoms with Crippen molar-refractivity contribution >= 4 is 35.3 Å². The van der Waals surface area contributed by atoms with Gasteiger partial charge in [0.1, 0.15) is 0 Å². The third-order valence-electron chi connectivity index (χ3n) is 6.28. The maximum absolute atomic E-state index is 13.5. The molecule has 0 spiro atoms. The van der Waals surface area contributed by atoms with E-state index in [4.69, 9.17) is 4.74 Å². The summed E-state index contributed by atoms with van der Waals surface area (Å²) in [5.74, 6) is -0.131. The van der Waals surface area contributed by atoms with Crippen molar-refractivity contribution in [3.05, 3.63) is 100.0 Å². The van der Waals surface area contributed by atoms with E-state index in [2.05, 4.69) is 36.5 Å². The lowest BCUT2D eigenvalue weighted by atomic mass is 10.1. The molecular weight excluding hydrogens is 456 g/mol. The largest absolute Gasteiger partial charge is 0.376 e. The fourth-order valence-corrected chi connectivity index (χ4v) is 5.35. The number of aryl methyl sites for hydroxylation is 1. The Kier molecular flexibility index (Phi) is 7.02. The number of para-hydroxylation sites is 1. The topological polar surface area (TPSA) is 58.6 Å². The molecule has 3 aromatic rings. The second-order valence-electron chi connectivity index (χ2n) is 8.92. The molecule has 2 heterocycles. The van der Waals surface area contributed by atoms with Gasteiger partial charge in [-0.25, -0.2) is 0 Å². The Bertz CT molecular complexity index is 1250. The lowest BCUT2D eigenvalue weighted by Gasteiger charge is -2.30. The van der Waals surface area contributed by atoms with Crippen molar-refractivity contribution in [1.82, 2.24) is 5.32 Å². The van der Waals surface area contributed by atoms with Gasteiger partial charge in [-0.3, -0.25) is 9.59 Å². The summed E-state index contributed by atoms with van der Waals surface area (Å²) >= 11 is 1.49. The average Bonchev–Trinajstić information content (AvgIpc) is 3.40. The van der Waals surface area contributed by atoms with Crippen molar-refractivity contribution in [2.75, 3.05) is 18.1 Å². The molecule has 1 fully saturated rings. The number of nitrogens with one attached hydrogen (secondary N) is 1. The molecule has 2 amide bonds. The van der Waals surface area contributed by atoms with E-state index in [-0.39, 0.29) is 17.9 Å². The number of nitrogens with zero attached hydrogens (tertiary/aromatic N) is 1. The molecule has 0 unspecified atom stereocenters. The lowest BCUT2D eigenvalue weighted by Crippen LogP contribution is -2.33. The second-order valence-corrected chi connectivity index (χ2v) is 10.0. The highest BCUT2D eigenvalue weighted by Crippen LogP contribution is 2.42. The van der Waals surface area contributed by atoms with Gasteiger partial charge in [0.25, 0.3) is 11.8 Å². The van der Waals surface area contributed by atoms with Crippen molar-refractivity contribution in [3.63, 3.8) is 0 Å². The van der Waals surface area contributed by atoms with Crippen molar-refractivity contribution in [3.8, 4) is 0 Å². The Morgan fingerprint density at radius 3 is 2.60 bits per heavy atom. The Morgan fingerprint density at radius 1 is 1.09 bits per heavy atom. The molecule has 2 aliphatic rings. The second kappa shape index (κ2) is 10.5. The van der Waals surface area contributed by atoms with E-state index in [1.54, 1.807) is 12.1 Å². The summed E-state index contributed by atoms with van der Waals surface area (Å²) in [5.41, 5.74) is 4.69. The molecule has 1 atom stereocenters. The Hall–Kier alpha value is -3.35. The first-order valence-corrected chi connectivity index (χ1v) is 12.7. The van der Waals surface area contributed by atoms with Crippen LogP contribution in [0.5, 0.6) is 0 Å². The molecule has 0 saturated carbocycles. The van der Waals surface area contributed by atoms with Gasteiger partial charge in [0.15, 0.2) is 0 Å². The van der Waals surface area contributed by atoms with E-state index in [0.29, 0.717) is 23.6 Å². The van der Waals surface area contributed by atoms with Gasteiger partial charge in [-0.15, -0.1) is 0 Å². The van der Waals surface area contributed by atoms with E-state index in [9.17, 15) is 9.59 Å². The van der Waals surface area contributed by atoms with Crippen LogP contribution in [0.4, 0.5) is 5.69 Å². The number of hydrogen-bond acceptors (Lipinski definition) is 4. The van der Waals surface area contributed by atoms with Crippen LogP contribution in [0, 0.1) is 6.92 Å². The van der Waals surface area contributed by atoms with Crippen LogP contribution in [0.3, 0.4) is 0 Å². The van der Waals surface area contributed by atoms with Crippen LogP contribution in [0.15, 0.2) is 82.6 Å². The Labute approximate surface area is 210 Å². The minimum Gasteiger partial charge on any atom is -0.376 e. The van der Waals surface area contributed by atoms with E-state index in [0.717, 1.165) is 41.2 Å². The molecule has 3 aromatic carbocycles. The minimum atomic E-state index is -0.110. The number of ether oxygens (including phenoxy) is 1. The Morgan fingerprint density at radius 2 is 1.86 bits per heavy atom. The molecule has 5 nitrogen and oxygen atoms in total. The van der Waals surface area contributed by atoms with Crippen LogP contribution in [0.25, 0.3) is 6.08 Å². The zero-order valence-electron chi connectivity index (χ0n) is 19.7. The summed E-state index contributed by atoms with van der Waals surface area (Å²) in [6, 6.07) is 23.6. The van der Waals surface area contributed by atoms with Gasteiger partial charge in [-0.2, -0.15) is 0 Å². The normalized spacial score (nSPS) is 18.5. The molecule has 6 heteroatoms. The molecule has 0 aromatic heterocycles. The first kappa shape index (κ1) is 23.4. The number of fused-ring (bicyclic) bond motifs is 1. The highest BCUT2D eigenvalue weighted by atomic mass is 32.2. The lowest BCUT2D eigenvalue weighted by molar-refractivity contribution is -0.114. The standard InChI is InChI=1S/C29H28N2O3S/c1-20-8-10-22(11-9-20)19-31-25-6-2-3-7-26(25)35-27(29(31)33)17-21-12-14-23(15-13-21)28(32)30-18-24-5-4-16-34-24/h2-3,6-15,17,24H,4-5,16,18-19H2,1H3,(H,30,32)/b27-17+/t24-/m1/s1. The fraction of sp³-hybridized carbons (Fsp3) is 0.241. The molecule has 1 N–H and O–H groups in total. The molecule has 5 rings (SSSR count). The number of benzene rings is 3.